The van der Waals surface area contributed by atoms with E-state index in [0.717, 1.165) is 31.5 Å². The second-order valence-electron chi connectivity index (χ2n) is 6.29. The number of carbonyl (C=O) groups is 2. The van der Waals surface area contributed by atoms with Crippen LogP contribution in [-0.4, -0.2) is 49.4 Å². The number of amides is 2. The van der Waals surface area contributed by atoms with Crippen LogP contribution in [0.15, 0.2) is 35.3 Å². The number of primary amides is 1. The highest BCUT2D eigenvalue weighted by molar-refractivity contribution is 14.0. The number of benzene rings is 1. The summed E-state index contributed by atoms with van der Waals surface area (Å²) < 4.78 is 0. The first-order chi connectivity index (χ1) is 12.1. The van der Waals surface area contributed by atoms with Crippen LogP contribution >= 0.6 is 24.0 Å². The van der Waals surface area contributed by atoms with Crippen LogP contribution in [0, 0.1) is 5.92 Å². The fraction of sp³-hybridized carbons (Fsp3) is 0.500. The van der Waals surface area contributed by atoms with Crippen molar-refractivity contribution in [2.24, 2.45) is 16.6 Å². The second-order valence-corrected chi connectivity index (χ2v) is 6.29. The molecule has 8 heteroatoms. The zero-order valence-electron chi connectivity index (χ0n) is 15.1. The minimum absolute atomic E-state index is 0. The molecule has 2 rings (SSSR count). The van der Waals surface area contributed by atoms with Crippen LogP contribution in [0.5, 0.6) is 0 Å². The van der Waals surface area contributed by atoms with Crippen LogP contribution in [0.4, 0.5) is 0 Å². The van der Waals surface area contributed by atoms with E-state index in [1.54, 1.807) is 7.05 Å². The first kappa shape index (κ1) is 22.2. The first-order valence-corrected chi connectivity index (χ1v) is 8.63. The lowest BCUT2D eigenvalue weighted by atomic mass is 9.95. The summed E-state index contributed by atoms with van der Waals surface area (Å²) in [6.45, 7) is 2.26. The average Bonchev–Trinajstić information content (AvgIpc) is 2.61. The van der Waals surface area contributed by atoms with Crippen molar-refractivity contribution in [2.45, 2.75) is 25.8 Å². The molecule has 0 radical (unpaired) electrons. The molecule has 0 spiro atoms. The molecule has 1 aliphatic heterocycles. The number of carbonyl (C=O) groups excluding carboxylic acids is 2. The molecule has 0 saturated carbocycles. The molecular weight excluding hydrogens is 445 g/mol. The molecule has 1 aromatic carbocycles. The molecule has 2 amide bonds. The molecule has 1 aliphatic rings. The molecule has 0 aromatic heterocycles. The predicted molar refractivity (Wildman–Crippen MR) is 113 cm³/mol. The standard InChI is InChI=1S/C18H27N5O2.HI/c1-20-18(23-9-5-8-15(13-23)10-16(19)24)22-12-17(25)21-11-14-6-3-2-4-7-14;/h2-4,6-7,15H,5,8-13H2,1H3,(H2,19,24)(H,20,22)(H,21,25);1H. The minimum atomic E-state index is -0.268. The summed E-state index contributed by atoms with van der Waals surface area (Å²) in [5, 5.41) is 5.98. The number of rotatable bonds is 6. The Morgan fingerprint density at radius 2 is 2.00 bits per heavy atom. The van der Waals surface area contributed by atoms with Gasteiger partial charge >= 0.3 is 0 Å². The number of piperidine rings is 1. The molecule has 0 aliphatic carbocycles. The number of nitrogens with one attached hydrogen (secondary N) is 2. The third-order valence-electron chi connectivity index (χ3n) is 4.26. The van der Waals surface area contributed by atoms with Gasteiger partial charge in [0.25, 0.3) is 0 Å². The summed E-state index contributed by atoms with van der Waals surface area (Å²) in [6, 6.07) is 9.78. The lowest BCUT2D eigenvalue weighted by Gasteiger charge is -2.34. The third kappa shape index (κ3) is 7.59. The van der Waals surface area contributed by atoms with E-state index in [4.69, 9.17) is 5.73 Å². The molecule has 4 N–H and O–H groups in total. The molecule has 1 unspecified atom stereocenters. The summed E-state index contributed by atoms with van der Waals surface area (Å²) in [4.78, 5) is 29.5. The van der Waals surface area contributed by atoms with Gasteiger partial charge < -0.3 is 21.3 Å². The van der Waals surface area contributed by atoms with Gasteiger partial charge in [-0.05, 0) is 24.3 Å². The van der Waals surface area contributed by atoms with E-state index < -0.39 is 0 Å². The van der Waals surface area contributed by atoms with Crippen molar-refractivity contribution in [1.82, 2.24) is 15.5 Å². The molecule has 1 saturated heterocycles. The smallest absolute Gasteiger partial charge is 0.239 e. The summed E-state index contributed by atoms with van der Waals surface area (Å²) in [7, 11) is 1.70. The lowest BCUT2D eigenvalue weighted by Crippen LogP contribution is -2.49. The maximum atomic E-state index is 12.0. The van der Waals surface area contributed by atoms with Gasteiger partial charge in [-0.3, -0.25) is 14.6 Å². The summed E-state index contributed by atoms with van der Waals surface area (Å²) in [6.07, 6.45) is 2.37. The number of likely N-dealkylation sites (tertiary alicyclic amines) is 1. The van der Waals surface area contributed by atoms with Crippen LogP contribution < -0.4 is 16.4 Å². The van der Waals surface area contributed by atoms with E-state index in [2.05, 4.69) is 20.5 Å². The fourth-order valence-electron chi connectivity index (χ4n) is 3.06. The normalized spacial score (nSPS) is 17.2. The Hall–Kier alpha value is -1.84. The molecule has 0 bridgehead atoms. The maximum Gasteiger partial charge on any atom is 0.239 e. The quantitative estimate of drug-likeness (QED) is 0.327. The molecule has 144 valence electrons. The molecule has 1 aromatic rings. The Bertz CT molecular complexity index is 609. The van der Waals surface area contributed by atoms with Crippen molar-refractivity contribution in [3.8, 4) is 0 Å². The summed E-state index contributed by atoms with van der Waals surface area (Å²) >= 11 is 0. The van der Waals surface area contributed by atoms with E-state index in [9.17, 15) is 9.59 Å². The molecule has 1 atom stereocenters. The van der Waals surface area contributed by atoms with Crippen molar-refractivity contribution < 1.29 is 9.59 Å². The lowest BCUT2D eigenvalue weighted by molar-refractivity contribution is -0.120. The summed E-state index contributed by atoms with van der Waals surface area (Å²) in [5.74, 6) is 0.575. The Morgan fingerprint density at radius 1 is 1.27 bits per heavy atom. The van der Waals surface area contributed by atoms with Gasteiger partial charge in [-0.1, -0.05) is 30.3 Å². The van der Waals surface area contributed by atoms with Gasteiger partial charge in [0.05, 0.1) is 6.54 Å². The van der Waals surface area contributed by atoms with E-state index in [1.165, 1.54) is 0 Å². The first-order valence-electron chi connectivity index (χ1n) is 8.63. The van der Waals surface area contributed by atoms with Gasteiger partial charge in [0.1, 0.15) is 0 Å². The Labute approximate surface area is 171 Å². The van der Waals surface area contributed by atoms with Gasteiger partial charge in [-0.15, -0.1) is 24.0 Å². The predicted octanol–water partition coefficient (Wildman–Crippen LogP) is 1.08. The zero-order valence-corrected chi connectivity index (χ0v) is 17.4. The SMILES string of the molecule is CN=C(NCC(=O)NCc1ccccc1)N1CCCC(CC(N)=O)C1.I. The average molecular weight is 473 g/mol. The highest BCUT2D eigenvalue weighted by Gasteiger charge is 2.23. The number of nitrogens with zero attached hydrogens (tertiary/aromatic N) is 2. The number of halogens is 1. The van der Waals surface area contributed by atoms with Gasteiger partial charge in [0.2, 0.25) is 11.8 Å². The van der Waals surface area contributed by atoms with E-state index in [-0.39, 0.29) is 48.3 Å². The maximum absolute atomic E-state index is 12.0. The highest BCUT2D eigenvalue weighted by atomic mass is 127. The van der Waals surface area contributed by atoms with Crippen molar-refractivity contribution in [3.05, 3.63) is 35.9 Å². The monoisotopic (exact) mass is 473 g/mol. The van der Waals surface area contributed by atoms with Gasteiger partial charge in [0, 0.05) is 33.1 Å². The number of aliphatic imine (C=N–C) groups is 1. The van der Waals surface area contributed by atoms with Crippen LogP contribution in [0.25, 0.3) is 0 Å². The van der Waals surface area contributed by atoms with Crippen molar-refractivity contribution >= 4 is 41.8 Å². The molecule has 1 fully saturated rings. The molecular formula is C18H28IN5O2. The molecule has 1 heterocycles. The van der Waals surface area contributed by atoms with E-state index >= 15 is 0 Å². The Balaban J connectivity index is 0.00000338. The van der Waals surface area contributed by atoms with Crippen molar-refractivity contribution in [2.75, 3.05) is 26.7 Å². The summed E-state index contributed by atoms with van der Waals surface area (Å²) in [5.41, 5.74) is 6.36. The largest absolute Gasteiger partial charge is 0.370 e. The van der Waals surface area contributed by atoms with Crippen LogP contribution in [-0.2, 0) is 16.1 Å². The molecule has 26 heavy (non-hydrogen) atoms. The highest BCUT2D eigenvalue weighted by Crippen LogP contribution is 2.19. The number of guanidine groups is 1. The van der Waals surface area contributed by atoms with Crippen LogP contribution in [0.2, 0.25) is 0 Å². The van der Waals surface area contributed by atoms with Gasteiger partial charge in [-0.25, -0.2) is 0 Å². The number of hydrogen-bond acceptors (Lipinski definition) is 3. The van der Waals surface area contributed by atoms with Crippen LogP contribution in [0.1, 0.15) is 24.8 Å². The Morgan fingerprint density at radius 3 is 2.65 bits per heavy atom. The topological polar surface area (TPSA) is 99.8 Å². The van der Waals surface area contributed by atoms with E-state index in [1.807, 2.05) is 30.3 Å². The third-order valence-corrected chi connectivity index (χ3v) is 4.26. The second kappa shape index (κ2) is 11.7. The van der Waals surface area contributed by atoms with E-state index in [0.29, 0.717) is 18.9 Å². The van der Waals surface area contributed by atoms with Crippen molar-refractivity contribution in [1.29, 1.82) is 0 Å². The fourth-order valence-corrected chi connectivity index (χ4v) is 3.06. The number of nitrogens with two attached hydrogens (primary N) is 1. The van der Waals surface area contributed by atoms with Crippen molar-refractivity contribution in [3.63, 3.8) is 0 Å². The van der Waals surface area contributed by atoms with Crippen LogP contribution in [0.3, 0.4) is 0 Å². The minimum Gasteiger partial charge on any atom is -0.370 e. The Kier molecular flexibility index (Phi) is 10.0. The molecule has 7 nitrogen and oxygen atoms in total. The van der Waals surface area contributed by atoms with Gasteiger partial charge in [0.15, 0.2) is 5.96 Å². The van der Waals surface area contributed by atoms with Gasteiger partial charge in [-0.2, -0.15) is 0 Å². The zero-order chi connectivity index (χ0) is 18.1. The number of hydrogen-bond donors (Lipinski definition) is 3.